The summed E-state index contributed by atoms with van der Waals surface area (Å²) in [7, 11) is 0. The van der Waals surface area contributed by atoms with Crippen LogP contribution in [0, 0.1) is 6.92 Å². The summed E-state index contributed by atoms with van der Waals surface area (Å²) in [5.74, 6) is 0.423. The van der Waals surface area contributed by atoms with Crippen molar-refractivity contribution in [2.45, 2.75) is 39.7 Å². The fourth-order valence-corrected chi connectivity index (χ4v) is 4.05. The van der Waals surface area contributed by atoms with Crippen molar-refractivity contribution in [1.82, 2.24) is 4.90 Å². The average molecular weight is 400 g/mol. The monoisotopic (exact) mass is 399 g/mol. The number of halogens is 1. The Morgan fingerprint density at radius 2 is 1.68 bits per heavy atom. The summed E-state index contributed by atoms with van der Waals surface area (Å²) >= 11 is 6.33. The molecular formula is C23H30ClN3O. The third-order valence-corrected chi connectivity index (χ3v) is 5.93. The molecule has 5 heteroatoms. The summed E-state index contributed by atoms with van der Waals surface area (Å²) in [6.45, 7) is 11.8. The molecule has 1 fully saturated rings. The molecule has 2 aromatic carbocycles. The van der Waals surface area contributed by atoms with Crippen molar-refractivity contribution in [2.24, 2.45) is 0 Å². The largest absolute Gasteiger partial charge is 0.368 e. The van der Waals surface area contributed by atoms with Crippen molar-refractivity contribution < 1.29 is 4.79 Å². The number of aryl methyl sites for hydroxylation is 1. The van der Waals surface area contributed by atoms with Gasteiger partial charge in [-0.2, -0.15) is 0 Å². The van der Waals surface area contributed by atoms with Crippen LogP contribution in [-0.4, -0.2) is 43.0 Å². The molecule has 150 valence electrons. The van der Waals surface area contributed by atoms with Crippen molar-refractivity contribution >= 4 is 28.9 Å². The molecule has 0 aliphatic carbocycles. The van der Waals surface area contributed by atoms with Crippen molar-refractivity contribution in [3.05, 3.63) is 58.6 Å². The molecule has 0 saturated carbocycles. The zero-order valence-corrected chi connectivity index (χ0v) is 18.0. The first kappa shape index (κ1) is 20.7. The van der Waals surface area contributed by atoms with E-state index < -0.39 is 0 Å². The number of para-hydroxylation sites is 2. The zero-order valence-electron chi connectivity index (χ0n) is 17.2. The van der Waals surface area contributed by atoms with E-state index in [0.29, 0.717) is 5.92 Å². The normalized spacial score (nSPS) is 16.3. The highest BCUT2D eigenvalue weighted by Gasteiger charge is 2.27. The first-order chi connectivity index (χ1) is 13.4. The lowest BCUT2D eigenvalue weighted by Gasteiger charge is -2.39. The Bertz CT molecular complexity index is 828. The van der Waals surface area contributed by atoms with Gasteiger partial charge in [-0.1, -0.05) is 55.8 Å². The first-order valence-corrected chi connectivity index (χ1v) is 10.4. The second-order valence-corrected chi connectivity index (χ2v) is 8.24. The number of carbonyl (C=O) groups is 1. The van der Waals surface area contributed by atoms with Gasteiger partial charge in [-0.25, -0.2) is 0 Å². The molecule has 0 radical (unpaired) electrons. The van der Waals surface area contributed by atoms with Crippen LogP contribution >= 0.6 is 11.6 Å². The van der Waals surface area contributed by atoms with E-state index >= 15 is 0 Å². The topological polar surface area (TPSA) is 35.6 Å². The van der Waals surface area contributed by atoms with Crippen LogP contribution in [0.4, 0.5) is 11.4 Å². The molecule has 3 rings (SSSR count). The Morgan fingerprint density at radius 1 is 1.00 bits per heavy atom. The first-order valence-electron chi connectivity index (χ1n) is 10.0. The Balaban J connectivity index is 1.64. The van der Waals surface area contributed by atoms with Crippen molar-refractivity contribution in [2.75, 3.05) is 36.4 Å². The molecule has 0 spiro atoms. The molecule has 1 amide bonds. The lowest BCUT2D eigenvalue weighted by atomic mass is 9.98. The highest BCUT2D eigenvalue weighted by atomic mass is 35.5. The van der Waals surface area contributed by atoms with Gasteiger partial charge in [-0.15, -0.1) is 0 Å². The predicted molar refractivity (Wildman–Crippen MR) is 119 cm³/mol. The van der Waals surface area contributed by atoms with Crippen LogP contribution in [-0.2, 0) is 4.79 Å². The summed E-state index contributed by atoms with van der Waals surface area (Å²) in [5.41, 5.74) is 4.32. The van der Waals surface area contributed by atoms with Crippen LogP contribution in [0.1, 0.15) is 37.8 Å². The molecule has 1 aliphatic heterocycles. The lowest BCUT2D eigenvalue weighted by Crippen LogP contribution is -2.53. The van der Waals surface area contributed by atoms with Crippen LogP contribution in [0.5, 0.6) is 0 Å². The number of nitrogens with one attached hydrogen (secondary N) is 1. The van der Waals surface area contributed by atoms with Gasteiger partial charge in [-0.05, 0) is 43.0 Å². The molecule has 28 heavy (non-hydrogen) atoms. The molecule has 1 aliphatic rings. The van der Waals surface area contributed by atoms with E-state index in [2.05, 4.69) is 60.2 Å². The molecule has 1 saturated heterocycles. The lowest BCUT2D eigenvalue weighted by molar-refractivity contribution is -0.120. The van der Waals surface area contributed by atoms with Crippen LogP contribution in [0.2, 0.25) is 5.02 Å². The Kier molecular flexibility index (Phi) is 6.63. The van der Waals surface area contributed by atoms with E-state index in [1.165, 1.54) is 5.56 Å². The summed E-state index contributed by atoms with van der Waals surface area (Å²) in [6, 6.07) is 14.0. The number of rotatable bonds is 5. The van der Waals surface area contributed by atoms with Gasteiger partial charge < -0.3 is 10.2 Å². The third kappa shape index (κ3) is 4.50. The van der Waals surface area contributed by atoms with Crippen molar-refractivity contribution in [3.8, 4) is 0 Å². The number of nitrogens with zero attached hydrogens (tertiary/aromatic N) is 2. The number of benzene rings is 2. The van der Waals surface area contributed by atoms with Gasteiger partial charge in [0.05, 0.1) is 16.8 Å². The molecule has 4 nitrogen and oxygen atoms in total. The number of amides is 1. The van der Waals surface area contributed by atoms with Gasteiger partial charge in [0.1, 0.15) is 0 Å². The van der Waals surface area contributed by atoms with Gasteiger partial charge in [-0.3, -0.25) is 9.69 Å². The van der Waals surface area contributed by atoms with E-state index in [-0.39, 0.29) is 11.9 Å². The molecule has 0 unspecified atom stereocenters. The smallest absolute Gasteiger partial charge is 0.241 e. The molecule has 2 aromatic rings. The van der Waals surface area contributed by atoms with Gasteiger partial charge in [0, 0.05) is 31.9 Å². The highest BCUT2D eigenvalue weighted by molar-refractivity contribution is 6.33. The molecular weight excluding hydrogens is 370 g/mol. The second-order valence-electron chi connectivity index (χ2n) is 7.83. The number of hydrogen-bond donors (Lipinski definition) is 1. The Hall–Kier alpha value is -2.04. The van der Waals surface area contributed by atoms with Gasteiger partial charge in [0.15, 0.2) is 0 Å². The number of piperazine rings is 1. The fourth-order valence-electron chi connectivity index (χ4n) is 3.79. The third-order valence-electron chi connectivity index (χ3n) is 5.61. The zero-order chi connectivity index (χ0) is 20.3. The molecule has 1 N–H and O–H groups in total. The minimum Gasteiger partial charge on any atom is -0.368 e. The quantitative estimate of drug-likeness (QED) is 0.774. The van der Waals surface area contributed by atoms with E-state index in [1.54, 1.807) is 0 Å². The highest BCUT2D eigenvalue weighted by Crippen LogP contribution is 2.28. The number of anilines is 2. The summed E-state index contributed by atoms with van der Waals surface area (Å²) in [6.07, 6.45) is 0. The van der Waals surface area contributed by atoms with Crippen LogP contribution in [0.25, 0.3) is 0 Å². The van der Waals surface area contributed by atoms with Crippen LogP contribution < -0.4 is 10.2 Å². The fraction of sp³-hybridized carbons (Fsp3) is 0.435. The number of hydrogen-bond acceptors (Lipinski definition) is 3. The molecule has 1 atom stereocenters. The van der Waals surface area contributed by atoms with Gasteiger partial charge in [0.25, 0.3) is 0 Å². The number of carbonyl (C=O) groups excluding carboxylic acids is 1. The van der Waals surface area contributed by atoms with Crippen molar-refractivity contribution in [1.29, 1.82) is 0 Å². The maximum Gasteiger partial charge on any atom is 0.241 e. The molecule has 0 bridgehead atoms. The molecule has 0 aromatic heterocycles. The van der Waals surface area contributed by atoms with Crippen LogP contribution in [0.15, 0.2) is 42.5 Å². The van der Waals surface area contributed by atoms with E-state index in [1.807, 2.05) is 25.1 Å². The van der Waals surface area contributed by atoms with E-state index in [4.69, 9.17) is 11.6 Å². The Morgan fingerprint density at radius 3 is 2.32 bits per heavy atom. The standard InChI is InChI=1S/C23H30ClN3O/c1-16(2)19-9-7-8-17(3)22(19)25-23(28)18(4)26-12-14-27(15-13-26)21-11-6-5-10-20(21)24/h5-11,16,18H,12-15H2,1-4H3,(H,25,28)/t18-/m0/s1. The van der Waals surface area contributed by atoms with Crippen LogP contribution in [0.3, 0.4) is 0 Å². The second kappa shape index (κ2) is 8.97. The minimum absolute atomic E-state index is 0.0578. The Labute approximate surface area is 173 Å². The predicted octanol–water partition coefficient (Wildman–Crippen LogP) is 4.92. The van der Waals surface area contributed by atoms with Gasteiger partial charge in [0.2, 0.25) is 5.91 Å². The average Bonchev–Trinajstić information content (AvgIpc) is 2.69. The van der Waals surface area contributed by atoms with E-state index in [0.717, 1.165) is 48.1 Å². The molecule has 1 heterocycles. The maximum atomic E-state index is 13.0. The van der Waals surface area contributed by atoms with Crippen molar-refractivity contribution in [3.63, 3.8) is 0 Å². The minimum atomic E-state index is -0.173. The SMILES string of the molecule is Cc1cccc(C(C)C)c1NC(=O)[C@H](C)N1CCN(c2ccccc2Cl)CC1. The summed E-state index contributed by atoms with van der Waals surface area (Å²) < 4.78 is 0. The van der Waals surface area contributed by atoms with E-state index in [9.17, 15) is 4.79 Å². The van der Waals surface area contributed by atoms with Gasteiger partial charge >= 0.3 is 0 Å². The maximum absolute atomic E-state index is 13.0. The summed E-state index contributed by atoms with van der Waals surface area (Å²) in [5, 5.41) is 3.97. The summed E-state index contributed by atoms with van der Waals surface area (Å²) in [4.78, 5) is 17.5.